The number of nitrogens with zero attached hydrogens (tertiary/aromatic N) is 2. The molecular weight excluding hydrogens is 334 g/mol. The molecule has 1 aromatic rings. The lowest BCUT2D eigenvalue weighted by Gasteiger charge is -2.43. The van der Waals surface area contributed by atoms with Gasteiger partial charge in [-0.3, -0.25) is 4.90 Å². The predicted octanol–water partition coefficient (Wildman–Crippen LogP) is 3.00. The summed E-state index contributed by atoms with van der Waals surface area (Å²) in [4.78, 5) is 5.36. The summed E-state index contributed by atoms with van der Waals surface area (Å²) in [5.41, 5.74) is 8.18. The Balaban J connectivity index is 2.18. The first-order valence-electron chi connectivity index (χ1n) is 6.88. The molecule has 0 unspecified atom stereocenters. The Morgan fingerprint density at radius 3 is 2.30 bits per heavy atom. The minimum Gasteiger partial charge on any atom is -0.389 e. The number of halogens is 1. The second kappa shape index (κ2) is 6.00. The first kappa shape index (κ1) is 15.7. The highest BCUT2D eigenvalue weighted by Crippen LogP contribution is 2.27. The van der Waals surface area contributed by atoms with Crippen LogP contribution in [0.15, 0.2) is 22.7 Å². The fraction of sp³-hybridized carbons (Fsp3) is 0.533. The summed E-state index contributed by atoms with van der Waals surface area (Å²) in [6.07, 6.45) is 0. The third-order valence-electron chi connectivity index (χ3n) is 3.79. The molecule has 0 atom stereocenters. The molecule has 1 heterocycles. The molecule has 20 heavy (non-hydrogen) atoms. The Morgan fingerprint density at radius 1 is 1.20 bits per heavy atom. The van der Waals surface area contributed by atoms with E-state index >= 15 is 0 Å². The van der Waals surface area contributed by atoms with Gasteiger partial charge in [0.2, 0.25) is 0 Å². The van der Waals surface area contributed by atoms with Gasteiger partial charge in [-0.15, -0.1) is 0 Å². The van der Waals surface area contributed by atoms with Crippen LogP contribution in [0, 0.1) is 0 Å². The van der Waals surface area contributed by atoms with Crippen molar-refractivity contribution in [3.05, 3.63) is 28.2 Å². The summed E-state index contributed by atoms with van der Waals surface area (Å²) in [5.74, 6) is 0. The van der Waals surface area contributed by atoms with E-state index < -0.39 is 0 Å². The lowest BCUT2D eigenvalue weighted by Crippen LogP contribution is -2.53. The van der Waals surface area contributed by atoms with Crippen LogP contribution in [0.2, 0.25) is 0 Å². The Morgan fingerprint density at radius 2 is 1.80 bits per heavy atom. The zero-order valence-corrected chi connectivity index (χ0v) is 14.7. The molecule has 0 saturated carbocycles. The van der Waals surface area contributed by atoms with Crippen molar-refractivity contribution >= 4 is 38.8 Å². The standard InChI is InChI=1S/C15H22BrN3S/c1-15(2,3)19-8-6-18(7-9-19)13-10-11(16)4-5-12(13)14(17)20/h4-5,10H,6-9H2,1-3H3,(H2,17,20). The van der Waals surface area contributed by atoms with Gasteiger partial charge in [0.05, 0.1) is 0 Å². The Labute approximate surface area is 135 Å². The Kier molecular flexibility index (Phi) is 4.72. The van der Waals surface area contributed by atoms with Crippen molar-refractivity contribution in [2.75, 3.05) is 31.1 Å². The maximum atomic E-state index is 5.85. The van der Waals surface area contributed by atoms with Gasteiger partial charge in [0, 0.05) is 47.4 Å². The monoisotopic (exact) mass is 355 g/mol. The van der Waals surface area contributed by atoms with Crippen LogP contribution in [-0.2, 0) is 0 Å². The van der Waals surface area contributed by atoms with Crippen LogP contribution in [0.25, 0.3) is 0 Å². The van der Waals surface area contributed by atoms with Crippen molar-refractivity contribution < 1.29 is 0 Å². The molecule has 1 saturated heterocycles. The van der Waals surface area contributed by atoms with Crippen LogP contribution in [0.1, 0.15) is 26.3 Å². The van der Waals surface area contributed by atoms with Crippen molar-refractivity contribution in [3.8, 4) is 0 Å². The smallest absolute Gasteiger partial charge is 0.106 e. The number of piperazine rings is 1. The van der Waals surface area contributed by atoms with Gasteiger partial charge < -0.3 is 10.6 Å². The van der Waals surface area contributed by atoms with Crippen molar-refractivity contribution in [2.24, 2.45) is 5.73 Å². The average molecular weight is 356 g/mol. The summed E-state index contributed by atoms with van der Waals surface area (Å²) >= 11 is 8.70. The lowest BCUT2D eigenvalue weighted by molar-refractivity contribution is 0.128. The van der Waals surface area contributed by atoms with E-state index in [9.17, 15) is 0 Å². The Bertz CT molecular complexity index is 502. The molecule has 2 rings (SSSR count). The number of anilines is 1. The van der Waals surface area contributed by atoms with E-state index in [4.69, 9.17) is 18.0 Å². The second-order valence-corrected chi connectivity index (χ2v) is 7.53. The predicted molar refractivity (Wildman–Crippen MR) is 93.6 cm³/mol. The van der Waals surface area contributed by atoms with E-state index in [-0.39, 0.29) is 5.54 Å². The summed E-state index contributed by atoms with van der Waals surface area (Å²) in [7, 11) is 0. The number of rotatable bonds is 2. The number of hydrogen-bond acceptors (Lipinski definition) is 3. The zero-order chi connectivity index (χ0) is 14.9. The summed E-state index contributed by atoms with van der Waals surface area (Å²) in [6.45, 7) is 10.9. The molecular formula is C15H22BrN3S. The SMILES string of the molecule is CC(C)(C)N1CCN(c2cc(Br)ccc2C(N)=S)CC1. The minimum atomic E-state index is 0.232. The van der Waals surface area contributed by atoms with Gasteiger partial charge in [0.25, 0.3) is 0 Å². The zero-order valence-electron chi connectivity index (χ0n) is 12.3. The molecule has 3 nitrogen and oxygen atoms in total. The molecule has 2 N–H and O–H groups in total. The maximum absolute atomic E-state index is 5.85. The van der Waals surface area contributed by atoms with E-state index in [2.05, 4.69) is 52.6 Å². The molecule has 0 amide bonds. The highest BCUT2D eigenvalue weighted by Gasteiger charge is 2.26. The van der Waals surface area contributed by atoms with Crippen LogP contribution < -0.4 is 10.6 Å². The second-order valence-electron chi connectivity index (χ2n) is 6.17. The van der Waals surface area contributed by atoms with Crippen molar-refractivity contribution in [1.29, 1.82) is 0 Å². The first-order valence-corrected chi connectivity index (χ1v) is 8.08. The largest absolute Gasteiger partial charge is 0.389 e. The van der Waals surface area contributed by atoms with Crippen LogP contribution in [0.3, 0.4) is 0 Å². The fourth-order valence-corrected chi connectivity index (χ4v) is 3.11. The van der Waals surface area contributed by atoms with Crippen molar-refractivity contribution in [2.45, 2.75) is 26.3 Å². The van der Waals surface area contributed by atoms with Crippen molar-refractivity contribution in [3.63, 3.8) is 0 Å². The molecule has 110 valence electrons. The summed E-state index contributed by atoms with van der Waals surface area (Å²) < 4.78 is 1.06. The molecule has 1 aromatic carbocycles. The van der Waals surface area contributed by atoms with Gasteiger partial charge in [-0.05, 0) is 39.0 Å². The van der Waals surface area contributed by atoms with E-state index in [1.807, 2.05) is 12.1 Å². The van der Waals surface area contributed by atoms with Gasteiger partial charge in [0.15, 0.2) is 0 Å². The molecule has 1 aliphatic heterocycles. The molecule has 0 radical (unpaired) electrons. The third kappa shape index (κ3) is 3.51. The molecule has 1 aliphatic rings. The van der Waals surface area contributed by atoms with Crippen LogP contribution >= 0.6 is 28.1 Å². The number of benzene rings is 1. The van der Waals surface area contributed by atoms with E-state index in [0.717, 1.165) is 41.9 Å². The third-order valence-corrected chi connectivity index (χ3v) is 4.51. The summed E-state index contributed by atoms with van der Waals surface area (Å²) in [5, 5.41) is 0. The molecule has 0 spiro atoms. The van der Waals surface area contributed by atoms with Gasteiger partial charge in [-0.1, -0.05) is 28.1 Å². The molecule has 0 bridgehead atoms. The molecule has 0 aliphatic carbocycles. The van der Waals surface area contributed by atoms with Gasteiger partial charge in [0.1, 0.15) is 4.99 Å². The highest BCUT2D eigenvalue weighted by atomic mass is 79.9. The molecule has 5 heteroatoms. The number of thiocarbonyl (C=S) groups is 1. The topological polar surface area (TPSA) is 32.5 Å². The number of hydrogen-bond donors (Lipinski definition) is 1. The fourth-order valence-electron chi connectivity index (χ4n) is 2.59. The molecule has 0 aromatic heterocycles. The van der Waals surface area contributed by atoms with E-state index in [1.54, 1.807) is 0 Å². The molecule has 1 fully saturated rings. The first-order chi connectivity index (χ1) is 9.29. The van der Waals surface area contributed by atoms with E-state index in [0.29, 0.717) is 4.99 Å². The van der Waals surface area contributed by atoms with Gasteiger partial charge >= 0.3 is 0 Å². The number of nitrogens with two attached hydrogens (primary N) is 1. The quantitative estimate of drug-likeness (QED) is 0.826. The van der Waals surface area contributed by atoms with Crippen molar-refractivity contribution in [1.82, 2.24) is 4.90 Å². The van der Waals surface area contributed by atoms with Gasteiger partial charge in [-0.2, -0.15) is 0 Å². The normalized spacial score (nSPS) is 17.3. The lowest BCUT2D eigenvalue weighted by atomic mass is 10.0. The highest BCUT2D eigenvalue weighted by molar-refractivity contribution is 9.10. The Hall–Kier alpha value is -0.650. The average Bonchev–Trinajstić information content (AvgIpc) is 2.37. The minimum absolute atomic E-state index is 0.232. The van der Waals surface area contributed by atoms with Crippen LogP contribution in [0.4, 0.5) is 5.69 Å². The van der Waals surface area contributed by atoms with Crippen LogP contribution in [-0.4, -0.2) is 41.6 Å². The van der Waals surface area contributed by atoms with E-state index in [1.165, 1.54) is 0 Å². The van der Waals surface area contributed by atoms with Gasteiger partial charge in [-0.25, -0.2) is 0 Å². The summed E-state index contributed by atoms with van der Waals surface area (Å²) in [6, 6.07) is 6.10. The maximum Gasteiger partial charge on any atom is 0.106 e. The van der Waals surface area contributed by atoms with Crippen LogP contribution in [0.5, 0.6) is 0 Å².